The van der Waals surface area contributed by atoms with Gasteiger partial charge in [0.05, 0.1) is 67.1 Å². The third kappa shape index (κ3) is 5.30. The zero-order valence-corrected chi connectivity index (χ0v) is 36.5. The van der Waals surface area contributed by atoms with Gasteiger partial charge in [0, 0.05) is 60.0 Å². The third-order valence-corrected chi connectivity index (χ3v) is 14.2. The van der Waals surface area contributed by atoms with Crippen molar-refractivity contribution in [2.45, 2.75) is 6.92 Å². The third-order valence-electron chi connectivity index (χ3n) is 14.2. The SMILES string of the molecule is Cc1c(-n2c3ccccc3c3cc(-n4c5ccccc5c5ccccc54)ccc32)ccc(-c2cccc(C#N)c2)c1-n1c2ccccc2c2cc(-n3c4ccccc4c4ccccc43)ccc21. The van der Waals surface area contributed by atoms with Crippen LogP contribution in [0.15, 0.2) is 218 Å². The minimum Gasteiger partial charge on any atom is -0.309 e. The molecule has 0 N–H and O–H groups in total. The predicted octanol–water partition coefficient (Wildman–Crippen LogP) is 15.9. The highest BCUT2D eigenvalue weighted by Gasteiger charge is 2.24. The van der Waals surface area contributed by atoms with Crippen LogP contribution in [0, 0.1) is 18.3 Å². The molecule has 0 aliphatic rings. The van der Waals surface area contributed by atoms with Crippen LogP contribution in [0.5, 0.6) is 0 Å². The first-order chi connectivity index (χ1) is 33.1. The highest BCUT2D eigenvalue weighted by Crippen LogP contribution is 2.44. The first kappa shape index (κ1) is 37.3. The number of nitriles is 1. The molecule has 312 valence electrons. The summed E-state index contributed by atoms with van der Waals surface area (Å²) in [5, 5.41) is 19.8. The molecule has 0 bridgehead atoms. The van der Waals surface area contributed by atoms with Crippen LogP contribution < -0.4 is 0 Å². The Bertz CT molecular complexity index is 4320. The maximum Gasteiger partial charge on any atom is 0.0991 e. The molecular formula is C62H39N5. The van der Waals surface area contributed by atoms with Gasteiger partial charge in [-0.25, -0.2) is 0 Å². The molecule has 0 radical (unpaired) electrons. The summed E-state index contributed by atoms with van der Waals surface area (Å²) in [7, 11) is 0. The molecular weight excluding hydrogens is 815 g/mol. The lowest BCUT2D eigenvalue weighted by Crippen LogP contribution is -2.06. The van der Waals surface area contributed by atoms with E-state index in [9.17, 15) is 5.26 Å². The maximum atomic E-state index is 10.1. The molecule has 0 unspecified atom stereocenters. The first-order valence-electron chi connectivity index (χ1n) is 22.8. The number of fused-ring (bicyclic) bond motifs is 12. The van der Waals surface area contributed by atoms with Gasteiger partial charge in [0.2, 0.25) is 0 Å². The molecule has 67 heavy (non-hydrogen) atoms. The van der Waals surface area contributed by atoms with Crippen molar-refractivity contribution in [1.29, 1.82) is 5.26 Å². The number of para-hydroxylation sites is 6. The second-order valence-electron chi connectivity index (χ2n) is 17.6. The zero-order valence-electron chi connectivity index (χ0n) is 36.5. The van der Waals surface area contributed by atoms with Crippen molar-refractivity contribution < 1.29 is 0 Å². The standard InChI is InChI=1S/C62H39N5/c1-39-53(66-58-27-12-6-21-49(58)51-36-42(29-32-60(51)66)64-54-23-8-2-17-45(54)46-18-3-9-24-55(46)64)34-31-44(41-16-14-15-40(35-41)38-63)62(39)67-59-28-13-7-22-50(59)52-37-43(30-33-61(52)67)65-56-25-10-4-19-47(56)48-20-5-11-26-57(48)65/h2-37H,1H3. The number of nitrogens with zero attached hydrogens (tertiary/aromatic N) is 5. The smallest absolute Gasteiger partial charge is 0.0991 e. The molecule has 5 nitrogen and oxygen atoms in total. The Morgan fingerprint density at radius 3 is 1.18 bits per heavy atom. The lowest BCUT2D eigenvalue weighted by atomic mass is 9.97. The van der Waals surface area contributed by atoms with Crippen LogP contribution in [0.1, 0.15) is 11.1 Å². The first-order valence-corrected chi connectivity index (χ1v) is 22.8. The summed E-state index contributed by atoms with van der Waals surface area (Å²) in [5.41, 5.74) is 17.5. The Morgan fingerprint density at radius 2 is 0.716 bits per heavy atom. The van der Waals surface area contributed by atoms with Crippen LogP contribution >= 0.6 is 0 Å². The Morgan fingerprint density at radius 1 is 0.328 bits per heavy atom. The van der Waals surface area contributed by atoms with Crippen molar-refractivity contribution in [3.8, 4) is 39.9 Å². The number of hydrogen-bond donors (Lipinski definition) is 0. The zero-order chi connectivity index (χ0) is 44.3. The van der Waals surface area contributed by atoms with E-state index in [0.29, 0.717) is 5.56 Å². The predicted molar refractivity (Wildman–Crippen MR) is 279 cm³/mol. The van der Waals surface area contributed by atoms with E-state index in [0.717, 1.165) is 61.5 Å². The summed E-state index contributed by atoms with van der Waals surface area (Å²) in [4.78, 5) is 0. The molecule has 4 heterocycles. The molecule has 0 atom stereocenters. The van der Waals surface area contributed by atoms with Crippen LogP contribution in [-0.4, -0.2) is 18.3 Å². The van der Waals surface area contributed by atoms with Crippen molar-refractivity contribution >= 4 is 87.2 Å². The summed E-state index contributed by atoms with van der Waals surface area (Å²) >= 11 is 0. The molecule has 0 saturated heterocycles. The van der Waals surface area contributed by atoms with Crippen LogP contribution in [0.3, 0.4) is 0 Å². The molecule has 0 fully saturated rings. The minimum atomic E-state index is 0.629. The van der Waals surface area contributed by atoms with E-state index < -0.39 is 0 Å². The van der Waals surface area contributed by atoms with E-state index in [1.807, 2.05) is 18.2 Å². The minimum absolute atomic E-state index is 0.629. The number of hydrogen-bond acceptors (Lipinski definition) is 1. The van der Waals surface area contributed by atoms with E-state index in [2.05, 4.69) is 231 Å². The van der Waals surface area contributed by atoms with Gasteiger partial charge in [0.25, 0.3) is 0 Å². The second kappa shape index (κ2) is 14.2. The summed E-state index contributed by atoms with van der Waals surface area (Å²) in [6, 6.07) is 81.2. The van der Waals surface area contributed by atoms with E-state index in [-0.39, 0.29) is 0 Å². The molecule has 0 amide bonds. The Kier molecular flexibility index (Phi) is 7.90. The van der Waals surface area contributed by atoms with E-state index in [1.54, 1.807) is 0 Å². The highest BCUT2D eigenvalue weighted by atomic mass is 15.0. The van der Waals surface area contributed by atoms with E-state index in [1.165, 1.54) is 65.2 Å². The monoisotopic (exact) mass is 853 g/mol. The molecule has 0 aliphatic carbocycles. The number of aromatic nitrogens is 4. The van der Waals surface area contributed by atoms with Gasteiger partial charge >= 0.3 is 0 Å². The van der Waals surface area contributed by atoms with Gasteiger partial charge < -0.3 is 18.3 Å². The lowest BCUT2D eigenvalue weighted by Gasteiger charge is -2.21. The molecule has 0 aliphatic heterocycles. The summed E-state index contributed by atoms with van der Waals surface area (Å²) in [6.45, 7) is 2.27. The van der Waals surface area contributed by atoms with Crippen LogP contribution in [-0.2, 0) is 0 Å². The molecule has 14 aromatic rings. The van der Waals surface area contributed by atoms with E-state index in [4.69, 9.17) is 0 Å². The van der Waals surface area contributed by atoms with Crippen molar-refractivity contribution in [2.24, 2.45) is 0 Å². The van der Waals surface area contributed by atoms with Gasteiger partial charge in [-0.05, 0) is 109 Å². The van der Waals surface area contributed by atoms with Crippen LogP contribution in [0.25, 0.3) is 121 Å². The van der Waals surface area contributed by atoms with Gasteiger partial charge in [0.1, 0.15) is 0 Å². The van der Waals surface area contributed by atoms with Crippen molar-refractivity contribution in [2.75, 3.05) is 0 Å². The highest BCUT2D eigenvalue weighted by molar-refractivity contribution is 6.14. The van der Waals surface area contributed by atoms with Crippen molar-refractivity contribution in [3.63, 3.8) is 0 Å². The molecule has 0 saturated carbocycles. The number of rotatable bonds is 5. The van der Waals surface area contributed by atoms with Crippen LogP contribution in [0.2, 0.25) is 0 Å². The van der Waals surface area contributed by atoms with Gasteiger partial charge in [-0.3, -0.25) is 0 Å². The molecule has 14 rings (SSSR count). The average molecular weight is 854 g/mol. The molecule has 4 aromatic heterocycles. The Hall–Kier alpha value is -9.11. The molecule has 5 heteroatoms. The molecule has 0 spiro atoms. The summed E-state index contributed by atoms with van der Waals surface area (Å²) in [5.74, 6) is 0. The maximum absolute atomic E-state index is 10.1. The van der Waals surface area contributed by atoms with Gasteiger partial charge in [-0.2, -0.15) is 5.26 Å². The van der Waals surface area contributed by atoms with Gasteiger partial charge in [-0.1, -0.05) is 127 Å². The van der Waals surface area contributed by atoms with Gasteiger partial charge in [0.15, 0.2) is 0 Å². The van der Waals surface area contributed by atoms with Crippen molar-refractivity contribution in [1.82, 2.24) is 18.3 Å². The summed E-state index contributed by atoms with van der Waals surface area (Å²) < 4.78 is 9.71. The normalized spacial score (nSPS) is 11.9. The Balaban J connectivity index is 1.04. The second-order valence-corrected chi connectivity index (χ2v) is 17.6. The fraction of sp³-hybridized carbons (Fsp3) is 0.0161. The van der Waals surface area contributed by atoms with Crippen molar-refractivity contribution in [3.05, 3.63) is 230 Å². The van der Waals surface area contributed by atoms with E-state index >= 15 is 0 Å². The fourth-order valence-corrected chi connectivity index (χ4v) is 11.3. The average Bonchev–Trinajstić information content (AvgIpc) is 4.11. The lowest BCUT2D eigenvalue weighted by molar-refractivity contribution is 1.09. The Labute approximate surface area is 385 Å². The molecule has 10 aromatic carbocycles. The largest absolute Gasteiger partial charge is 0.309 e. The number of benzene rings is 10. The van der Waals surface area contributed by atoms with Crippen LogP contribution in [0.4, 0.5) is 0 Å². The fourth-order valence-electron chi connectivity index (χ4n) is 11.3. The quantitative estimate of drug-likeness (QED) is 0.170. The van der Waals surface area contributed by atoms with Gasteiger partial charge in [-0.15, -0.1) is 0 Å². The topological polar surface area (TPSA) is 43.5 Å². The summed E-state index contributed by atoms with van der Waals surface area (Å²) in [6.07, 6.45) is 0.